The quantitative estimate of drug-likeness (QED) is 0.103. The minimum absolute atomic E-state index is 0.137. The second-order valence-corrected chi connectivity index (χ2v) is 11.3. The number of hydrogen-bond donors (Lipinski definition) is 1. The van der Waals surface area contributed by atoms with Gasteiger partial charge in [-0.2, -0.15) is 0 Å². The van der Waals surface area contributed by atoms with Crippen molar-refractivity contribution in [3.05, 3.63) is 35.9 Å². The molecule has 1 atom stereocenters. The summed E-state index contributed by atoms with van der Waals surface area (Å²) in [5.41, 5.74) is 0.459. The van der Waals surface area contributed by atoms with Crippen LogP contribution in [0.4, 0.5) is 0 Å². The summed E-state index contributed by atoms with van der Waals surface area (Å²) in [6, 6.07) is 7.88. The molecule has 0 bridgehead atoms. The largest absolute Gasteiger partial charge is 0.343 e. The van der Waals surface area contributed by atoms with E-state index in [0.29, 0.717) is 5.56 Å². The highest BCUT2D eigenvalue weighted by Crippen LogP contribution is 2.15. The maximum atomic E-state index is 13.1. The van der Waals surface area contributed by atoms with Gasteiger partial charge in [-0.3, -0.25) is 29.0 Å². The fraction of sp³-hybridized carbons (Fsp3) is 0.697. The molecule has 1 aromatic rings. The van der Waals surface area contributed by atoms with Gasteiger partial charge in [0, 0.05) is 12.0 Å². The number of unbranched alkanes of at least 4 members (excludes halogenated alkanes) is 12. The number of benzene rings is 1. The summed E-state index contributed by atoms with van der Waals surface area (Å²) in [7, 11) is 0. The Morgan fingerprint density at radius 3 is 1.88 bits per heavy atom. The zero-order valence-electron chi connectivity index (χ0n) is 25.1. The lowest BCUT2D eigenvalue weighted by Gasteiger charge is -2.31. The van der Waals surface area contributed by atoms with Gasteiger partial charge in [0.1, 0.15) is 6.04 Å². The highest BCUT2D eigenvalue weighted by molar-refractivity contribution is 6.07. The van der Waals surface area contributed by atoms with Crippen molar-refractivity contribution < 1.29 is 19.2 Å². The van der Waals surface area contributed by atoms with E-state index in [4.69, 9.17) is 0 Å². The third-order valence-corrected chi connectivity index (χ3v) is 7.77. The smallest absolute Gasteiger partial charge is 0.252 e. The zero-order chi connectivity index (χ0) is 29.0. The van der Waals surface area contributed by atoms with Crippen LogP contribution in [0.2, 0.25) is 0 Å². The Morgan fingerprint density at radius 2 is 1.32 bits per heavy atom. The van der Waals surface area contributed by atoms with Crippen LogP contribution in [0.25, 0.3) is 0 Å². The van der Waals surface area contributed by atoms with Crippen LogP contribution >= 0.6 is 0 Å². The van der Waals surface area contributed by atoms with E-state index >= 15 is 0 Å². The summed E-state index contributed by atoms with van der Waals surface area (Å²) in [6.07, 6.45) is 17.6. The molecular formula is C33H53N3O4. The Balaban J connectivity index is 1.85. The zero-order valence-corrected chi connectivity index (χ0v) is 25.1. The maximum Gasteiger partial charge on any atom is 0.252 e. The monoisotopic (exact) mass is 555 g/mol. The Labute approximate surface area is 242 Å². The van der Waals surface area contributed by atoms with Gasteiger partial charge >= 0.3 is 0 Å². The number of carbonyl (C=O) groups is 4. The van der Waals surface area contributed by atoms with Crippen molar-refractivity contribution in [3.8, 4) is 0 Å². The molecule has 1 fully saturated rings. The highest BCUT2D eigenvalue weighted by Gasteiger charge is 2.36. The summed E-state index contributed by atoms with van der Waals surface area (Å²) >= 11 is 0. The standard InChI is InChI=1S/C33H53N3O4/c1-3-5-7-9-11-13-18-24-35(25-19-14-12-10-8-6-4-2)27-31(38)34-29-22-23-32(39)36(33(29)40)26-30(37)28-20-16-15-17-21-28/h15-17,20-21,29H,3-14,18-19,22-27H2,1-2H3,(H,34,38). The molecule has 0 spiro atoms. The Kier molecular flexibility index (Phi) is 17.1. The molecule has 1 aromatic carbocycles. The van der Waals surface area contributed by atoms with E-state index in [1.807, 2.05) is 6.07 Å². The van der Waals surface area contributed by atoms with Crippen LogP contribution in [0.3, 0.4) is 0 Å². The third-order valence-electron chi connectivity index (χ3n) is 7.77. The molecule has 224 valence electrons. The second-order valence-electron chi connectivity index (χ2n) is 11.3. The van der Waals surface area contributed by atoms with Crippen molar-refractivity contribution >= 4 is 23.5 Å². The number of piperidine rings is 1. The van der Waals surface area contributed by atoms with Gasteiger partial charge in [-0.1, -0.05) is 121 Å². The Bertz CT molecular complexity index is 871. The van der Waals surface area contributed by atoms with Crippen molar-refractivity contribution in [2.45, 2.75) is 123 Å². The van der Waals surface area contributed by atoms with Crippen molar-refractivity contribution in [1.82, 2.24) is 15.1 Å². The number of nitrogens with zero attached hydrogens (tertiary/aromatic N) is 2. The van der Waals surface area contributed by atoms with Crippen molar-refractivity contribution in [2.24, 2.45) is 0 Å². The SMILES string of the molecule is CCCCCCCCCN(CCCCCCCCC)CC(=O)NC1CCC(=O)N(CC(=O)c2ccccc2)C1=O. The Hall–Kier alpha value is -2.54. The van der Waals surface area contributed by atoms with E-state index in [1.165, 1.54) is 77.0 Å². The number of nitrogens with one attached hydrogen (secondary N) is 1. The van der Waals surface area contributed by atoms with Gasteiger partial charge < -0.3 is 5.32 Å². The normalized spacial score (nSPS) is 15.6. The van der Waals surface area contributed by atoms with Crippen molar-refractivity contribution in [1.29, 1.82) is 0 Å². The van der Waals surface area contributed by atoms with Crippen LogP contribution in [0, 0.1) is 0 Å². The average molecular weight is 556 g/mol. The van der Waals surface area contributed by atoms with E-state index < -0.39 is 11.9 Å². The number of carbonyl (C=O) groups excluding carboxylic acids is 4. The van der Waals surface area contributed by atoms with Gasteiger partial charge in [0.15, 0.2) is 5.78 Å². The number of amides is 3. The molecule has 0 aromatic heterocycles. The van der Waals surface area contributed by atoms with Crippen LogP contribution in [-0.2, 0) is 14.4 Å². The van der Waals surface area contributed by atoms with Crippen molar-refractivity contribution in [2.75, 3.05) is 26.2 Å². The van der Waals surface area contributed by atoms with Crippen LogP contribution in [0.15, 0.2) is 30.3 Å². The number of Topliss-reactive ketones (excluding diaryl/α,β-unsaturated/α-hetero) is 1. The molecule has 7 nitrogen and oxygen atoms in total. The van der Waals surface area contributed by atoms with Gasteiger partial charge in [-0.05, 0) is 32.4 Å². The first kappa shape index (κ1) is 33.7. The van der Waals surface area contributed by atoms with Gasteiger partial charge in [0.05, 0.1) is 13.1 Å². The molecule has 40 heavy (non-hydrogen) atoms. The molecule has 3 amide bonds. The van der Waals surface area contributed by atoms with Crippen LogP contribution < -0.4 is 5.32 Å². The molecule has 1 aliphatic rings. The van der Waals surface area contributed by atoms with E-state index in [1.54, 1.807) is 24.3 Å². The van der Waals surface area contributed by atoms with Crippen LogP contribution in [0.1, 0.15) is 127 Å². The number of likely N-dealkylation sites (tertiary alicyclic amines) is 1. The minimum atomic E-state index is -0.771. The van der Waals surface area contributed by atoms with Gasteiger partial charge in [-0.15, -0.1) is 0 Å². The second kappa shape index (κ2) is 20.4. The lowest BCUT2D eigenvalue weighted by Crippen LogP contribution is -2.56. The van der Waals surface area contributed by atoms with Crippen molar-refractivity contribution in [3.63, 3.8) is 0 Å². The molecular weight excluding hydrogens is 502 g/mol. The van der Waals surface area contributed by atoms with Crippen LogP contribution in [-0.4, -0.2) is 65.5 Å². The number of ketones is 1. The predicted molar refractivity (Wildman–Crippen MR) is 161 cm³/mol. The molecule has 2 rings (SSSR count). The molecule has 0 aliphatic carbocycles. The first-order chi connectivity index (χ1) is 19.5. The molecule has 1 unspecified atom stereocenters. The van der Waals surface area contributed by atoms with Gasteiger partial charge in [-0.25, -0.2) is 0 Å². The molecule has 0 saturated carbocycles. The maximum absolute atomic E-state index is 13.1. The molecule has 1 N–H and O–H groups in total. The van der Waals surface area contributed by atoms with Gasteiger partial charge in [0.2, 0.25) is 11.8 Å². The molecule has 1 saturated heterocycles. The van der Waals surface area contributed by atoms with E-state index in [0.717, 1.165) is 30.8 Å². The first-order valence-corrected chi connectivity index (χ1v) is 15.9. The summed E-state index contributed by atoms with van der Waals surface area (Å²) in [6.45, 7) is 6.18. The van der Waals surface area contributed by atoms with E-state index in [-0.39, 0.29) is 43.5 Å². The lowest BCUT2D eigenvalue weighted by molar-refractivity contribution is -0.150. The summed E-state index contributed by atoms with van der Waals surface area (Å²) in [5.74, 6) is -1.32. The first-order valence-electron chi connectivity index (χ1n) is 15.9. The highest BCUT2D eigenvalue weighted by atomic mass is 16.2. The topological polar surface area (TPSA) is 86.8 Å². The summed E-state index contributed by atoms with van der Waals surface area (Å²) in [4.78, 5) is 54.5. The lowest BCUT2D eigenvalue weighted by atomic mass is 10.0. The minimum Gasteiger partial charge on any atom is -0.343 e. The van der Waals surface area contributed by atoms with Gasteiger partial charge in [0.25, 0.3) is 5.91 Å². The van der Waals surface area contributed by atoms with E-state index in [9.17, 15) is 19.2 Å². The number of imide groups is 1. The molecule has 0 radical (unpaired) electrons. The predicted octanol–water partition coefficient (Wildman–Crippen LogP) is 6.31. The third kappa shape index (κ3) is 13.2. The molecule has 7 heteroatoms. The fourth-order valence-corrected chi connectivity index (χ4v) is 5.29. The average Bonchev–Trinajstić information content (AvgIpc) is 2.96. The molecule has 1 heterocycles. The summed E-state index contributed by atoms with van der Waals surface area (Å²) in [5, 5.41) is 2.88. The fourth-order valence-electron chi connectivity index (χ4n) is 5.29. The van der Waals surface area contributed by atoms with E-state index in [2.05, 4.69) is 24.1 Å². The number of hydrogen-bond acceptors (Lipinski definition) is 5. The Morgan fingerprint density at radius 1 is 0.800 bits per heavy atom. The number of rotatable bonds is 22. The molecule has 1 aliphatic heterocycles. The van der Waals surface area contributed by atoms with Crippen LogP contribution in [0.5, 0.6) is 0 Å². The summed E-state index contributed by atoms with van der Waals surface area (Å²) < 4.78 is 0.